The van der Waals surface area contributed by atoms with Gasteiger partial charge >= 0.3 is 6.18 Å². The van der Waals surface area contributed by atoms with Gasteiger partial charge in [0.2, 0.25) is 0 Å². The summed E-state index contributed by atoms with van der Waals surface area (Å²) in [6.45, 7) is 0.343. The van der Waals surface area contributed by atoms with Gasteiger partial charge in [-0.3, -0.25) is 4.98 Å². The predicted molar refractivity (Wildman–Crippen MR) is 81.4 cm³/mol. The number of ether oxygens (including phenoxy) is 1. The largest absolute Gasteiger partial charge is 0.493 e. The van der Waals surface area contributed by atoms with Crippen LogP contribution in [0.25, 0.3) is 22.0 Å². The number of nitrogens with zero attached hydrogens (tertiary/aromatic N) is 1. The third kappa shape index (κ3) is 2.32. The highest BCUT2D eigenvalue weighted by atomic mass is 19.4. The van der Waals surface area contributed by atoms with Crippen LogP contribution in [0, 0.1) is 0 Å². The SMILES string of the molecule is FC(F)(F)c1ccc2c(c1)OCCc1c-2ccc2ncccc12. The lowest BCUT2D eigenvalue weighted by molar-refractivity contribution is -0.137. The number of fused-ring (bicyclic) bond motifs is 5. The monoisotopic (exact) mass is 315 g/mol. The third-order valence-corrected chi connectivity index (χ3v) is 4.11. The number of hydrogen-bond donors (Lipinski definition) is 0. The van der Waals surface area contributed by atoms with Crippen molar-refractivity contribution in [3.63, 3.8) is 0 Å². The van der Waals surface area contributed by atoms with Gasteiger partial charge in [-0.1, -0.05) is 18.2 Å². The smallest absolute Gasteiger partial charge is 0.416 e. The summed E-state index contributed by atoms with van der Waals surface area (Å²) < 4.78 is 44.3. The van der Waals surface area contributed by atoms with E-state index in [1.54, 1.807) is 6.20 Å². The Labute approximate surface area is 130 Å². The Morgan fingerprint density at radius 2 is 1.83 bits per heavy atom. The lowest BCUT2D eigenvalue weighted by Gasteiger charge is -2.13. The third-order valence-electron chi connectivity index (χ3n) is 4.11. The van der Waals surface area contributed by atoms with Crippen LogP contribution in [0.2, 0.25) is 0 Å². The van der Waals surface area contributed by atoms with Crippen LogP contribution >= 0.6 is 0 Å². The fourth-order valence-corrected chi connectivity index (χ4v) is 3.04. The van der Waals surface area contributed by atoms with Crippen molar-refractivity contribution in [2.24, 2.45) is 0 Å². The van der Waals surface area contributed by atoms with Gasteiger partial charge in [-0.05, 0) is 35.4 Å². The Balaban J connectivity index is 1.95. The second-order valence-corrected chi connectivity index (χ2v) is 5.47. The van der Waals surface area contributed by atoms with Crippen molar-refractivity contribution >= 4 is 10.9 Å². The van der Waals surface area contributed by atoms with Crippen LogP contribution < -0.4 is 4.74 Å². The van der Waals surface area contributed by atoms with Gasteiger partial charge in [0.25, 0.3) is 0 Å². The molecule has 0 fully saturated rings. The minimum Gasteiger partial charge on any atom is -0.493 e. The molecular formula is C18H12F3NO. The maximum atomic E-state index is 12.9. The molecule has 23 heavy (non-hydrogen) atoms. The number of pyridine rings is 1. The van der Waals surface area contributed by atoms with Crippen molar-refractivity contribution in [1.29, 1.82) is 0 Å². The molecule has 0 aliphatic carbocycles. The molecule has 0 saturated heterocycles. The molecule has 0 unspecified atom stereocenters. The Kier molecular flexibility index (Phi) is 3.04. The summed E-state index contributed by atoms with van der Waals surface area (Å²) in [5.41, 5.74) is 2.85. The maximum absolute atomic E-state index is 12.9. The minimum atomic E-state index is -4.37. The molecule has 2 heterocycles. The quantitative estimate of drug-likeness (QED) is 0.591. The molecule has 1 aliphatic rings. The van der Waals surface area contributed by atoms with E-state index in [1.807, 2.05) is 24.3 Å². The number of rotatable bonds is 0. The minimum absolute atomic E-state index is 0.279. The Morgan fingerprint density at radius 3 is 2.65 bits per heavy atom. The van der Waals surface area contributed by atoms with E-state index in [0.29, 0.717) is 18.6 Å². The molecule has 0 atom stereocenters. The van der Waals surface area contributed by atoms with E-state index < -0.39 is 11.7 Å². The highest BCUT2D eigenvalue weighted by molar-refractivity contribution is 5.91. The van der Waals surface area contributed by atoms with E-state index in [0.717, 1.165) is 34.2 Å². The highest BCUT2D eigenvalue weighted by Gasteiger charge is 2.32. The lowest BCUT2D eigenvalue weighted by Crippen LogP contribution is -2.06. The van der Waals surface area contributed by atoms with Gasteiger partial charge < -0.3 is 4.74 Å². The van der Waals surface area contributed by atoms with E-state index in [1.165, 1.54) is 6.07 Å². The molecule has 0 N–H and O–H groups in total. The molecule has 0 spiro atoms. The maximum Gasteiger partial charge on any atom is 0.416 e. The van der Waals surface area contributed by atoms with Crippen LogP contribution in [0.3, 0.4) is 0 Å². The summed E-state index contributed by atoms with van der Waals surface area (Å²) in [6.07, 6.45) is -2.01. The first-order valence-electron chi connectivity index (χ1n) is 7.25. The summed E-state index contributed by atoms with van der Waals surface area (Å²) in [6, 6.07) is 11.3. The molecule has 4 rings (SSSR count). The van der Waals surface area contributed by atoms with E-state index in [4.69, 9.17) is 4.74 Å². The number of alkyl halides is 3. The predicted octanol–water partition coefficient (Wildman–Crippen LogP) is 4.86. The van der Waals surface area contributed by atoms with Crippen LogP contribution in [0.4, 0.5) is 13.2 Å². The Bertz CT molecular complexity index is 902. The van der Waals surface area contributed by atoms with Crippen molar-refractivity contribution in [3.8, 4) is 16.9 Å². The summed E-state index contributed by atoms with van der Waals surface area (Å²) >= 11 is 0. The van der Waals surface area contributed by atoms with Gasteiger partial charge in [0.15, 0.2) is 0 Å². The van der Waals surface area contributed by atoms with Crippen molar-refractivity contribution in [3.05, 3.63) is 59.8 Å². The summed E-state index contributed by atoms with van der Waals surface area (Å²) in [4.78, 5) is 4.33. The zero-order valence-electron chi connectivity index (χ0n) is 12.0. The lowest BCUT2D eigenvalue weighted by atomic mass is 9.94. The fraction of sp³-hybridized carbons (Fsp3) is 0.167. The van der Waals surface area contributed by atoms with Gasteiger partial charge in [-0.2, -0.15) is 13.2 Å². The average molecular weight is 315 g/mol. The number of aromatic nitrogens is 1. The molecule has 0 radical (unpaired) electrons. The first-order valence-corrected chi connectivity index (χ1v) is 7.25. The molecular weight excluding hydrogens is 303 g/mol. The standard InChI is InChI=1S/C18H12F3NO/c19-18(20,21)11-3-4-15-12-5-6-16-14(2-1-8-22-16)13(12)7-9-23-17(15)10-11/h1-6,8,10H,7,9H2. The Hall–Kier alpha value is -2.56. The summed E-state index contributed by atoms with van der Waals surface area (Å²) in [5, 5.41) is 1.02. The van der Waals surface area contributed by atoms with Gasteiger partial charge in [-0.25, -0.2) is 0 Å². The topological polar surface area (TPSA) is 22.1 Å². The summed E-state index contributed by atoms with van der Waals surface area (Å²) in [7, 11) is 0. The molecule has 5 heteroatoms. The van der Waals surface area contributed by atoms with Crippen LogP contribution in [0.1, 0.15) is 11.1 Å². The first-order chi connectivity index (χ1) is 11.0. The van der Waals surface area contributed by atoms with E-state index >= 15 is 0 Å². The molecule has 0 amide bonds. The molecule has 3 aromatic rings. The van der Waals surface area contributed by atoms with Gasteiger partial charge in [-0.15, -0.1) is 0 Å². The molecule has 2 nitrogen and oxygen atoms in total. The zero-order chi connectivity index (χ0) is 16.0. The van der Waals surface area contributed by atoms with E-state index in [9.17, 15) is 13.2 Å². The second kappa shape index (κ2) is 4.98. The van der Waals surface area contributed by atoms with Gasteiger partial charge in [0.1, 0.15) is 5.75 Å². The average Bonchev–Trinajstić information content (AvgIpc) is 2.72. The van der Waals surface area contributed by atoms with Crippen LogP contribution in [-0.4, -0.2) is 11.6 Å². The van der Waals surface area contributed by atoms with Crippen molar-refractivity contribution in [2.45, 2.75) is 12.6 Å². The highest BCUT2D eigenvalue weighted by Crippen LogP contribution is 2.41. The van der Waals surface area contributed by atoms with E-state index in [2.05, 4.69) is 4.98 Å². The van der Waals surface area contributed by atoms with Crippen molar-refractivity contribution in [2.75, 3.05) is 6.61 Å². The molecule has 116 valence electrons. The van der Waals surface area contributed by atoms with Crippen LogP contribution in [0.15, 0.2) is 48.7 Å². The van der Waals surface area contributed by atoms with E-state index in [-0.39, 0.29) is 5.75 Å². The molecule has 2 aromatic carbocycles. The second-order valence-electron chi connectivity index (χ2n) is 5.47. The fourth-order valence-electron chi connectivity index (χ4n) is 3.04. The summed E-state index contributed by atoms with van der Waals surface area (Å²) in [5.74, 6) is 0.279. The molecule has 1 aromatic heterocycles. The molecule has 0 saturated carbocycles. The molecule has 0 bridgehead atoms. The number of benzene rings is 2. The zero-order valence-corrected chi connectivity index (χ0v) is 12.0. The molecule has 1 aliphatic heterocycles. The van der Waals surface area contributed by atoms with Crippen LogP contribution in [-0.2, 0) is 12.6 Å². The van der Waals surface area contributed by atoms with Gasteiger partial charge in [0, 0.05) is 23.6 Å². The van der Waals surface area contributed by atoms with Crippen molar-refractivity contribution < 1.29 is 17.9 Å². The normalized spacial score (nSPS) is 13.9. The van der Waals surface area contributed by atoms with Gasteiger partial charge in [0.05, 0.1) is 17.7 Å². The van der Waals surface area contributed by atoms with Crippen LogP contribution in [0.5, 0.6) is 5.75 Å². The van der Waals surface area contributed by atoms with Crippen molar-refractivity contribution in [1.82, 2.24) is 4.98 Å². The first kappa shape index (κ1) is 14.1. The Morgan fingerprint density at radius 1 is 1.00 bits per heavy atom. The number of hydrogen-bond acceptors (Lipinski definition) is 2. The number of halogens is 3.